The number of nitrogens with zero attached hydrogens (tertiary/aromatic N) is 2. The van der Waals surface area contributed by atoms with Gasteiger partial charge in [-0.3, -0.25) is 65.8 Å². The van der Waals surface area contributed by atoms with Crippen molar-refractivity contribution < 1.29 is 135 Å². The third-order valence-electron chi connectivity index (χ3n) is 9.32. The molecular weight excluding hydrogens is 1170 g/mol. The molecule has 4 N–H and O–H groups in total. The molecule has 1 aromatic heterocycles. The zero-order valence-electron chi connectivity index (χ0n) is 39.9. The molecule has 1 fully saturated rings. The molecular formula is C35H57N5O31P6-6. The van der Waals surface area contributed by atoms with E-state index >= 15 is 0 Å². The molecule has 0 aromatic carbocycles. The van der Waals surface area contributed by atoms with Crippen molar-refractivity contribution in [2.45, 2.75) is 77.7 Å². The molecule has 1 saturated heterocycles. The average Bonchev–Trinajstić information content (AvgIpc) is 3.81. The number of rotatable bonds is 40. The maximum atomic E-state index is 12.1. The molecule has 77 heavy (non-hydrogen) atoms. The lowest BCUT2D eigenvalue weighted by Gasteiger charge is -2.38. The predicted molar refractivity (Wildman–Crippen MR) is 243 cm³/mol. The van der Waals surface area contributed by atoms with Gasteiger partial charge in [0, 0.05) is 62.8 Å². The number of imide groups is 1. The summed E-state index contributed by atoms with van der Waals surface area (Å²) in [7, 11) is -39.6. The van der Waals surface area contributed by atoms with Gasteiger partial charge in [0.15, 0.2) is 0 Å². The van der Waals surface area contributed by atoms with Crippen LogP contribution in [-0.4, -0.2) is 141 Å². The Labute approximate surface area is 438 Å². The molecule has 42 heteroatoms. The minimum Gasteiger partial charge on any atom is -0.756 e. The Hall–Kier alpha value is -2.88. The molecule has 0 spiro atoms. The van der Waals surface area contributed by atoms with Crippen LogP contribution in [0.25, 0.3) is 0 Å². The minimum atomic E-state index is -6.96. The number of ether oxygens (including phenoxy) is 5. The number of amides is 4. The van der Waals surface area contributed by atoms with Crippen LogP contribution in [0.5, 0.6) is 0 Å². The van der Waals surface area contributed by atoms with Crippen molar-refractivity contribution >= 4 is 70.6 Å². The summed E-state index contributed by atoms with van der Waals surface area (Å²) < 4.78 is 125. The molecule has 3 heterocycles. The number of carbonyl (C=O) groups is 4. The molecule has 1 aromatic rings. The summed E-state index contributed by atoms with van der Waals surface area (Å²) in [6, 6.07) is 0. The van der Waals surface area contributed by atoms with Gasteiger partial charge in [0.2, 0.25) is 11.8 Å². The zero-order chi connectivity index (χ0) is 56.8. The van der Waals surface area contributed by atoms with E-state index in [4.69, 9.17) is 23.7 Å². The Bertz CT molecular complexity index is 2550. The van der Waals surface area contributed by atoms with Crippen LogP contribution >= 0.6 is 46.9 Å². The van der Waals surface area contributed by atoms with Gasteiger partial charge in [0.1, 0.15) is 12.3 Å². The summed E-state index contributed by atoms with van der Waals surface area (Å²) in [5.74, 6) is -1.58. The van der Waals surface area contributed by atoms with Gasteiger partial charge in [-0.2, -0.15) is 0 Å². The lowest BCUT2D eigenvalue weighted by atomic mass is 10.2. The summed E-state index contributed by atoms with van der Waals surface area (Å²) in [6.07, 6.45) is -0.543. The molecule has 7 unspecified atom stereocenters. The van der Waals surface area contributed by atoms with Crippen LogP contribution in [-0.2, 0) is 101 Å². The van der Waals surface area contributed by atoms with Crippen LogP contribution in [0.3, 0.4) is 0 Å². The topological polar surface area (TPSA) is 522 Å². The average molecular weight is 1230 g/mol. The number of H-pyrrole nitrogens is 1. The Morgan fingerprint density at radius 1 is 0.636 bits per heavy atom. The highest BCUT2D eigenvalue weighted by atomic mass is 31.3. The molecule has 0 bridgehead atoms. The van der Waals surface area contributed by atoms with E-state index in [1.54, 1.807) is 0 Å². The smallest absolute Gasteiger partial charge is 0.330 e. The second-order valence-electron chi connectivity index (χ2n) is 15.4. The van der Waals surface area contributed by atoms with Gasteiger partial charge in [-0.25, -0.2) is 26.3 Å². The van der Waals surface area contributed by atoms with E-state index in [0.717, 1.165) is 27.8 Å². The maximum absolute atomic E-state index is 12.1. The van der Waals surface area contributed by atoms with E-state index in [9.17, 15) is 90.6 Å². The summed E-state index contributed by atoms with van der Waals surface area (Å²) in [5, 5.41) is 15.4. The number of aromatic amines is 1. The van der Waals surface area contributed by atoms with Gasteiger partial charge in [0.25, 0.3) is 64.3 Å². The number of unbranched alkanes of at least 4 members (excludes halogenated alkanes) is 3. The van der Waals surface area contributed by atoms with Gasteiger partial charge in [-0.1, -0.05) is 20.3 Å². The first-order valence-electron chi connectivity index (χ1n) is 22.1. The zero-order valence-corrected chi connectivity index (χ0v) is 45.2. The van der Waals surface area contributed by atoms with Crippen molar-refractivity contribution in [3.05, 3.63) is 44.8 Å². The van der Waals surface area contributed by atoms with Gasteiger partial charge in [-0.15, -0.1) is 0 Å². The summed E-state index contributed by atoms with van der Waals surface area (Å²) in [6.45, 7) is 1.64. The first-order valence-corrected chi connectivity index (χ1v) is 30.9. The summed E-state index contributed by atoms with van der Waals surface area (Å²) >= 11 is 0. The maximum Gasteiger partial charge on any atom is 0.330 e. The number of aryl methyl sites for hydroxylation is 1. The second kappa shape index (κ2) is 33.1. The number of aromatic nitrogens is 2. The number of carbonyl (C=O) groups excluding carboxylic acids is 4. The molecule has 2 aliphatic heterocycles. The van der Waals surface area contributed by atoms with Gasteiger partial charge in [-0.05, 0) is 19.8 Å². The molecule has 444 valence electrons. The van der Waals surface area contributed by atoms with Crippen LogP contribution in [0.15, 0.2) is 27.9 Å². The van der Waals surface area contributed by atoms with E-state index in [1.807, 2.05) is 4.98 Å². The number of aliphatic hydroxyl groups is 1. The summed E-state index contributed by atoms with van der Waals surface area (Å²) in [5.41, 5.74) is -1.68. The van der Waals surface area contributed by atoms with Crippen LogP contribution in [0.4, 0.5) is 0 Å². The Morgan fingerprint density at radius 2 is 1.09 bits per heavy atom. The van der Waals surface area contributed by atoms with Crippen molar-refractivity contribution in [1.29, 1.82) is 0 Å². The Kier molecular flexibility index (Phi) is 30.2. The lowest BCUT2D eigenvalue weighted by Crippen LogP contribution is -2.35. The fourth-order valence-corrected chi connectivity index (χ4v) is 13.4. The van der Waals surface area contributed by atoms with Crippen LogP contribution in [0.1, 0.15) is 64.2 Å². The third-order valence-corrected chi connectivity index (χ3v) is 18.3. The number of hydrogen-bond donors (Lipinski definition) is 4. The van der Waals surface area contributed by atoms with Crippen LogP contribution in [0, 0.1) is 6.92 Å². The van der Waals surface area contributed by atoms with E-state index in [0.29, 0.717) is 12.8 Å². The standard InChI is InChI=1S/C34H59N5O31P6.CH4/c1-25-23-39(34(46)37-33(25)45)32-22-26(40)27(65-32)24-64-72(49,50)67-74(53,54)69-76(57,58)70-75(55,56)68-73(51,52)66-71(47,48)63-13-5-3-2-4-10-35-29(42)9-14-59-16-18-61-20-21-62-19-17-60-15-11-36-28(41)8-12-38-30(43)6-7-31(38)44;/h6-7,23,26-27,32,40H,2-5,8-22,24H2,1H3,(H,35,42)(H,36,41)(H,47,48)(H,49,50)(H,51,52)(H,53,54)(H,55,56)(H,57,58)(H,37,45,46);1H4/p-6/t26?,27-,32-;/m1./s1. The number of phosphoric acid groups is 6. The van der Waals surface area contributed by atoms with E-state index in [-0.39, 0.29) is 129 Å². The van der Waals surface area contributed by atoms with Crippen molar-refractivity contribution in [2.75, 3.05) is 85.7 Å². The second-order valence-corrected chi connectivity index (χ2v) is 24.5. The van der Waals surface area contributed by atoms with Crippen molar-refractivity contribution in [3.8, 4) is 0 Å². The SMILES string of the molecule is C.Cc1cn([C@H]2CC(O)[C@@H](COP(=O)([O-])OP(=O)([O-])OP(=O)([O-])OP(=O)([O-])OP(=O)([O-])OP(=O)([O-])OCCCCCCNC(=O)CCOCCOCCOCCOCCNC(=O)CCN3C(=O)C=CC3=O)O2)c(=O)[nH]c1=O. The molecule has 4 amide bonds. The molecule has 2 aliphatic rings. The highest BCUT2D eigenvalue weighted by molar-refractivity contribution is 7.71. The lowest BCUT2D eigenvalue weighted by molar-refractivity contribution is -0.256. The minimum absolute atomic E-state index is 0. The molecule has 0 saturated carbocycles. The fraction of sp³-hybridized carbons (Fsp3) is 0.714. The third kappa shape index (κ3) is 28.9. The van der Waals surface area contributed by atoms with Gasteiger partial charge < -0.3 is 77.8 Å². The first kappa shape index (κ1) is 70.2. The van der Waals surface area contributed by atoms with Crippen molar-refractivity contribution in [1.82, 2.24) is 25.1 Å². The fourth-order valence-electron chi connectivity index (χ4n) is 5.94. The van der Waals surface area contributed by atoms with Crippen LogP contribution < -0.4 is 51.2 Å². The van der Waals surface area contributed by atoms with Crippen LogP contribution in [0.2, 0.25) is 0 Å². The van der Waals surface area contributed by atoms with E-state index in [2.05, 4.69) is 41.2 Å². The summed E-state index contributed by atoms with van der Waals surface area (Å²) in [4.78, 5) is 145. The predicted octanol–water partition coefficient (Wildman–Crippen LogP) is -3.38. The largest absolute Gasteiger partial charge is 0.756 e. The first-order chi connectivity index (χ1) is 35.4. The molecule has 0 radical (unpaired) electrons. The Balaban J connectivity index is 0.0000203. The quantitative estimate of drug-likeness (QED) is 0.0283. The number of aliphatic hydroxyl groups excluding tert-OH is 1. The Morgan fingerprint density at radius 3 is 1.64 bits per heavy atom. The molecule has 9 atom stereocenters. The number of phosphoric ester groups is 2. The molecule has 0 aliphatic carbocycles. The van der Waals surface area contributed by atoms with Gasteiger partial charge >= 0.3 is 5.69 Å². The molecule has 36 nitrogen and oxygen atoms in total. The van der Waals surface area contributed by atoms with E-state index in [1.165, 1.54) is 6.92 Å². The molecule has 3 rings (SSSR count). The monoisotopic (exact) mass is 1230 g/mol. The highest BCUT2D eigenvalue weighted by Gasteiger charge is 2.38. The highest BCUT2D eigenvalue weighted by Crippen LogP contribution is 2.70. The van der Waals surface area contributed by atoms with Crippen molar-refractivity contribution in [3.63, 3.8) is 0 Å². The normalized spacial score (nSPS) is 21.2. The van der Waals surface area contributed by atoms with E-state index < -0.39 is 102 Å². The number of hydrogen-bond acceptors (Lipinski definition) is 31. The number of nitrogens with one attached hydrogen (secondary N) is 3. The van der Waals surface area contributed by atoms with Crippen molar-refractivity contribution in [2.24, 2.45) is 0 Å². The van der Waals surface area contributed by atoms with Gasteiger partial charge in [0.05, 0.1) is 72.2 Å².